The van der Waals surface area contributed by atoms with E-state index in [-0.39, 0.29) is 4.90 Å². The molecule has 5 rings (SSSR count). The molecule has 0 unspecified atom stereocenters. The van der Waals surface area contributed by atoms with Gasteiger partial charge in [0.1, 0.15) is 18.5 Å². The van der Waals surface area contributed by atoms with E-state index in [2.05, 4.69) is 60.0 Å². The van der Waals surface area contributed by atoms with Gasteiger partial charge in [0.2, 0.25) is 5.36 Å². The van der Waals surface area contributed by atoms with Crippen LogP contribution in [-0.4, -0.2) is 40.2 Å². The molecule has 3 aromatic carbocycles. The first-order valence-electron chi connectivity index (χ1n) is 11.5. The van der Waals surface area contributed by atoms with Crippen molar-refractivity contribution in [2.24, 2.45) is 0 Å². The molecule has 2 heterocycles. The molecule has 0 aliphatic carbocycles. The Balaban J connectivity index is 1.85. The topological polar surface area (TPSA) is 60.6 Å². The zero-order valence-electron chi connectivity index (χ0n) is 19.1. The van der Waals surface area contributed by atoms with Crippen LogP contribution in [0.2, 0.25) is 0 Å². The van der Waals surface area contributed by atoms with Crippen molar-refractivity contribution in [2.45, 2.75) is 30.6 Å². The fourth-order valence-corrected chi connectivity index (χ4v) is 5.96. The Labute approximate surface area is 195 Å². The summed E-state index contributed by atoms with van der Waals surface area (Å²) in [5.41, 5.74) is 6.06. The Morgan fingerprint density at radius 1 is 0.970 bits per heavy atom. The summed E-state index contributed by atoms with van der Waals surface area (Å²) in [6, 6.07) is 19.5. The second-order valence-corrected chi connectivity index (χ2v) is 10.5. The molecule has 0 bridgehead atoms. The monoisotopic (exact) mass is 461 g/mol. The summed E-state index contributed by atoms with van der Waals surface area (Å²) in [7, 11) is -0.170. The molecule has 0 radical (unpaired) electrons. The summed E-state index contributed by atoms with van der Waals surface area (Å²) in [4.78, 5) is 2.20. The van der Waals surface area contributed by atoms with Crippen molar-refractivity contribution in [3.05, 3.63) is 93.5 Å². The lowest BCUT2D eigenvalue weighted by atomic mass is 9.90. The summed E-state index contributed by atoms with van der Waals surface area (Å²) in [6.45, 7) is 2.07. The van der Waals surface area contributed by atoms with Crippen molar-refractivity contribution in [3.8, 4) is 0 Å². The van der Waals surface area contributed by atoms with Gasteiger partial charge in [-0.05, 0) is 71.5 Å². The number of benzene rings is 3. The van der Waals surface area contributed by atoms with Crippen LogP contribution in [0.4, 0.5) is 5.69 Å². The van der Waals surface area contributed by atoms with Gasteiger partial charge >= 0.3 is 0 Å². The van der Waals surface area contributed by atoms with Gasteiger partial charge < -0.3 is 4.90 Å². The van der Waals surface area contributed by atoms with Gasteiger partial charge in [-0.2, -0.15) is 8.42 Å². The van der Waals surface area contributed by atoms with Crippen LogP contribution in [0.25, 0.3) is 5.57 Å². The van der Waals surface area contributed by atoms with Crippen molar-refractivity contribution >= 4 is 21.4 Å². The number of rotatable bonds is 3. The quantitative estimate of drug-likeness (QED) is 0.481. The zero-order chi connectivity index (χ0) is 23.2. The standard InChI is InChI=1S/C27H28N2O3S/c1-28-15-5-7-19-17-21(11-13-24(19)28)27(23-9-3-4-10-26(23)33(30,31)32)22-12-14-25-20(18-22)8-6-16-29(25)2/h3-4,9-14,17-18H,5-8,15-16H2,1-2H3/p+1. The molecule has 0 atom stereocenters. The zero-order valence-corrected chi connectivity index (χ0v) is 19.9. The van der Waals surface area contributed by atoms with Crippen molar-refractivity contribution in [1.82, 2.24) is 4.58 Å². The number of hydrogen-bond acceptors (Lipinski definition) is 3. The number of hydrogen-bond donors (Lipinski definition) is 1. The van der Waals surface area contributed by atoms with E-state index in [0.29, 0.717) is 5.56 Å². The second kappa shape index (κ2) is 8.43. The largest absolute Gasteiger partial charge is 0.374 e. The highest BCUT2D eigenvalue weighted by Crippen LogP contribution is 2.32. The molecule has 5 nitrogen and oxygen atoms in total. The third kappa shape index (κ3) is 4.09. The van der Waals surface area contributed by atoms with E-state index >= 15 is 0 Å². The van der Waals surface area contributed by atoms with Crippen LogP contribution in [0, 0.1) is 0 Å². The van der Waals surface area contributed by atoms with Crippen LogP contribution in [0.5, 0.6) is 0 Å². The Morgan fingerprint density at radius 2 is 1.76 bits per heavy atom. The van der Waals surface area contributed by atoms with E-state index in [1.165, 1.54) is 28.2 Å². The SMILES string of the molecule is CN1CCCc2cc(/C(c3ccccc3S(=O)(=O)O)=c3\ccc4c(c3)CCC[N+]=4C)ccc21. The van der Waals surface area contributed by atoms with E-state index in [1.807, 2.05) is 6.07 Å². The van der Waals surface area contributed by atoms with Gasteiger partial charge in [-0.25, -0.2) is 4.58 Å². The lowest BCUT2D eigenvalue weighted by Gasteiger charge is -2.28. The predicted octanol–water partition coefficient (Wildman–Crippen LogP) is 2.63. The highest BCUT2D eigenvalue weighted by molar-refractivity contribution is 7.86. The normalized spacial score (nSPS) is 16.8. The van der Waals surface area contributed by atoms with Gasteiger partial charge in [-0.1, -0.05) is 24.3 Å². The number of anilines is 1. The number of nitrogens with zero attached hydrogens (tertiary/aromatic N) is 2. The molecule has 2 aliphatic heterocycles. The number of aryl methyl sites for hydroxylation is 2. The molecular weight excluding hydrogens is 432 g/mol. The van der Waals surface area contributed by atoms with Gasteiger partial charge in [0.05, 0.1) is 0 Å². The van der Waals surface area contributed by atoms with Gasteiger partial charge in [-0.3, -0.25) is 4.55 Å². The first-order valence-corrected chi connectivity index (χ1v) is 12.9. The fraction of sp³-hybridized carbons (Fsp3) is 0.296. The molecule has 2 aliphatic rings. The lowest BCUT2D eigenvalue weighted by molar-refractivity contribution is 0.483. The van der Waals surface area contributed by atoms with Crippen LogP contribution in [-0.2, 0) is 23.0 Å². The molecular formula is C27H29N2O3S+. The minimum atomic E-state index is -4.38. The van der Waals surface area contributed by atoms with E-state index in [9.17, 15) is 13.0 Å². The maximum absolute atomic E-state index is 12.3. The van der Waals surface area contributed by atoms with Gasteiger partial charge in [0.15, 0.2) is 0 Å². The molecule has 6 heteroatoms. The van der Waals surface area contributed by atoms with Crippen LogP contribution in [0.3, 0.4) is 0 Å². The molecule has 0 amide bonds. The third-order valence-corrected chi connectivity index (χ3v) is 7.78. The second-order valence-electron chi connectivity index (χ2n) is 9.08. The molecule has 170 valence electrons. The van der Waals surface area contributed by atoms with Crippen LogP contribution >= 0.6 is 0 Å². The maximum Gasteiger partial charge on any atom is 0.295 e. The molecule has 0 saturated carbocycles. The van der Waals surface area contributed by atoms with Crippen molar-refractivity contribution in [3.63, 3.8) is 0 Å². The Morgan fingerprint density at radius 3 is 2.58 bits per heavy atom. The Hall–Kier alpha value is -2.96. The first-order chi connectivity index (χ1) is 15.8. The first kappa shape index (κ1) is 21.9. The van der Waals surface area contributed by atoms with Gasteiger partial charge in [0, 0.05) is 42.9 Å². The summed E-state index contributed by atoms with van der Waals surface area (Å²) >= 11 is 0. The maximum atomic E-state index is 12.3. The molecule has 0 saturated heterocycles. The molecule has 0 spiro atoms. The molecule has 3 aromatic rings. The van der Waals surface area contributed by atoms with Gasteiger partial charge in [-0.15, -0.1) is 0 Å². The predicted molar refractivity (Wildman–Crippen MR) is 132 cm³/mol. The van der Waals surface area contributed by atoms with Crippen molar-refractivity contribution in [1.29, 1.82) is 0 Å². The highest BCUT2D eigenvalue weighted by atomic mass is 32.2. The molecule has 0 fully saturated rings. The average Bonchev–Trinajstić information content (AvgIpc) is 2.79. The minimum absolute atomic E-state index is 0.0651. The summed E-state index contributed by atoms with van der Waals surface area (Å²) in [5.74, 6) is 0. The summed E-state index contributed by atoms with van der Waals surface area (Å²) in [6.07, 6.45) is 4.18. The van der Waals surface area contributed by atoms with E-state index in [1.54, 1.807) is 12.1 Å². The molecule has 33 heavy (non-hydrogen) atoms. The van der Waals surface area contributed by atoms with Crippen molar-refractivity contribution < 1.29 is 13.0 Å². The van der Waals surface area contributed by atoms with Crippen molar-refractivity contribution in [2.75, 3.05) is 32.1 Å². The third-order valence-electron chi connectivity index (χ3n) is 6.87. The molecule has 1 N–H and O–H groups in total. The van der Waals surface area contributed by atoms with Crippen LogP contribution in [0.15, 0.2) is 65.6 Å². The molecule has 0 aromatic heterocycles. The Bertz CT molecular complexity index is 1480. The van der Waals surface area contributed by atoms with Crippen LogP contribution in [0.1, 0.15) is 35.1 Å². The van der Waals surface area contributed by atoms with E-state index in [4.69, 9.17) is 0 Å². The van der Waals surface area contributed by atoms with Gasteiger partial charge in [0.25, 0.3) is 10.1 Å². The lowest BCUT2D eigenvalue weighted by Crippen LogP contribution is -2.35. The average molecular weight is 462 g/mol. The fourth-order valence-electron chi connectivity index (χ4n) is 5.26. The summed E-state index contributed by atoms with van der Waals surface area (Å²) in [5, 5.41) is 2.18. The highest BCUT2D eigenvalue weighted by Gasteiger charge is 2.22. The summed E-state index contributed by atoms with van der Waals surface area (Å²) < 4.78 is 36.9. The van der Waals surface area contributed by atoms with E-state index < -0.39 is 10.1 Å². The Kier molecular flexibility index (Phi) is 5.59. The number of fused-ring (bicyclic) bond motifs is 2. The van der Waals surface area contributed by atoms with E-state index in [0.717, 1.165) is 55.1 Å². The minimum Gasteiger partial charge on any atom is -0.374 e. The van der Waals surface area contributed by atoms with Crippen LogP contribution < -0.4 is 20.1 Å². The smallest absolute Gasteiger partial charge is 0.295 e.